The molecule has 5 rings (SSSR count). The summed E-state index contributed by atoms with van der Waals surface area (Å²) in [6.45, 7) is 0.496. The number of nitrogens with zero attached hydrogens (tertiary/aromatic N) is 4. The number of aromatic nitrogens is 2. The van der Waals surface area contributed by atoms with Gasteiger partial charge in [-0.05, 0) is 25.0 Å². The lowest BCUT2D eigenvalue weighted by Crippen LogP contribution is -2.36. The molecule has 3 amide bonds. The highest BCUT2D eigenvalue weighted by molar-refractivity contribution is 6.05. The first kappa shape index (κ1) is 22.8. The predicted octanol–water partition coefficient (Wildman–Crippen LogP) is 3.84. The van der Waals surface area contributed by atoms with E-state index >= 15 is 0 Å². The number of imide groups is 1. The molecular weight excluding hydrogens is 440 g/mol. The van der Waals surface area contributed by atoms with Gasteiger partial charge in [0.25, 0.3) is 0 Å². The molecule has 0 spiro atoms. The molecule has 2 atom stereocenters. The largest absolute Gasteiger partial charge is 0.341 e. The minimum atomic E-state index is -0.266. The third kappa shape index (κ3) is 4.54. The van der Waals surface area contributed by atoms with Gasteiger partial charge in [-0.15, -0.1) is 0 Å². The van der Waals surface area contributed by atoms with Gasteiger partial charge in [0, 0.05) is 43.9 Å². The highest BCUT2D eigenvalue weighted by atomic mass is 16.2. The van der Waals surface area contributed by atoms with Crippen LogP contribution in [0.5, 0.6) is 0 Å². The molecule has 1 fully saturated rings. The van der Waals surface area contributed by atoms with Crippen molar-refractivity contribution in [3.63, 3.8) is 0 Å². The number of hydrogen-bond acceptors (Lipinski definition) is 4. The van der Waals surface area contributed by atoms with Crippen molar-refractivity contribution in [2.24, 2.45) is 11.8 Å². The molecule has 2 aromatic carbocycles. The lowest BCUT2D eigenvalue weighted by atomic mass is 9.85. The first-order chi connectivity index (χ1) is 17.0. The van der Waals surface area contributed by atoms with Crippen molar-refractivity contribution >= 4 is 17.7 Å². The molecule has 35 heavy (non-hydrogen) atoms. The van der Waals surface area contributed by atoms with Crippen molar-refractivity contribution in [2.45, 2.75) is 25.8 Å². The van der Waals surface area contributed by atoms with E-state index in [0.717, 1.165) is 22.5 Å². The predicted molar refractivity (Wildman–Crippen MR) is 132 cm³/mol. The zero-order valence-corrected chi connectivity index (χ0v) is 19.7. The summed E-state index contributed by atoms with van der Waals surface area (Å²) in [6.07, 6.45) is 7.20. The third-order valence-corrected chi connectivity index (χ3v) is 6.84. The molecule has 1 aliphatic heterocycles. The highest BCUT2D eigenvalue weighted by Crippen LogP contribution is 2.35. The maximum absolute atomic E-state index is 13.0. The monoisotopic (exact) mass is 468 g/mol. The van der Waals surface area contributed by atoms with E-state index in [1.54, 1.807) is 11.9 Å². The van der Waals surface area contributed by atoms with Crippen LogP contribution in [0.3, 0.4) is 0 Å². The molecule has 1 saturated heterocycles. The van der Waals surface area contributed by atoms with Gasteiger partial charge in [0.1, 0.15) is 0 Å². The second-order valence-corrected chi connectivity index (χ2v) is 9.13. The molecule has 0 radical (unpaired) electrons. The van der Waals surface area contributed by atoms with Crippen LogP contribution in [0.1, 0.15) is 24.8 Å². The van der Waals surface area contributed by atoms with Crippen molar-refractivity contribution in [3.8, 4) is 16.9 Å². The number of carbonyl (C=O) groups excluding carboxylic acids is 3. The summed E-state index contributed by atoms with van der Waals surface area (Å²) in [5.41, 5.74) is 3.64. The van der Waals surface area contributed by atoms with Crippen LogP contribution in [-0.2, 0) is 20.9 Å². The summed E-state index contributed by atoms with van der Waals surface area (Å²) < 4.78 is 1.83. The summed E-state index contributed by atoms with van der Waals surface area (Å²) in [5, 5.41) is 4.81. The summed E-state index contributed by atoms with van der Waals surface area (Å²) in [6, 6.07) is 19.7. The summed E-state index contributed by atoms with van der Waals surface area (Å²) in [7, 11) is 1.74. The zero-order valence-electron chi connectivity index (χ0n) is 19.7. The number of carbonyl (C=O) groups is 3. The van der Waals surface area contributed by atoms with Crippen LogP contribution in [0, 0.1) is 11.8 Å². The summed E-state index contributed by atoms with van der Waals surface area (Å²) >= 11 is 0. The average Bonchev–Trinajstić information content (AvgIpc) is 3.42. The minimum Gasteiger partial charge on any atom is -0.341 e. The van der Waals surface area contributed by atoms with Crippen LogP contribution in [0.25, 0.3) is 16.9 Å². The van der Waals surface area contributed by atoms with Gasteiger partial charge in [-0.25, -0.2) is 4.68 Å². The molecule has 2 aliphatic rings. The van der Waals surface area contributed by atoms with Crippen molar-refractivity contribution in [1.82, 2.24) is 19.6 Å². The standard InChI is InChI=1S/C28H28N4O3/c1-30(25(33)16-17-31-27(34)23-14-8-9-15-24(23)28(31)35)18-21-19-32(22-12-6-3-7-13-22)29-26(21)20-10-4-2-5-11-20/h2-13,19,23-24H,14-18H2,1H3/t23-,24+. The van der Waals surface area contributed by atoms with E-state index in [4.69, 9.17) is 5.10 Å². The number of likely N-dealkylation sites (tertiary alicyclic amines) is 1. The quantitative estimate of drug-likeness (QED) is 0.390. The lowest BCUT2D eigenvalue weighted by molar-refractivity contribution is -0.140. The Morgan fingerprint density at radius 2 is 1.54 bits per heavy atom. The molecule has 0 N–H and O–H groups in total. The number of amides is 3. The summed E-state index contributed by atoms with van der Waals surface area (Å²) in [5.74, 6) is -0.939. The van der Waals surface area contributed by atoms with E-state index in [2.05, 4.69) is 0 Å². The van der Waals surface area contributed by atoms with E-state index in [0.29, 0.717) is 19.4 Å². The molecule has 178 valence electrons. The topological polar surface area (TPSA) is 75.5 Å². The summed E-state index contributed by atoms with van der Waals surface area (Å²) in [4.78, 5) is 41.3. The second-order valence-electron chi connectivity index (χ2n) is 9.13. The van der Waals surface area contributed by atoms with E-state index in [1.165, 1.54) is 4.90 Å². The Kier molecular flexibility index (Phi) is 6.31. The van der Waals surface area contributed by atoms with Crippen LogP contribution in [-0.4, -0.2) is 50.9 Å². The third-order valence-electron chi connectivity index (χ3n) is 6.84. The fourth-order valence-electron chi connectivity index (χ4n) is 4.91. The van der Waals surface area contributed by atoms with Crippen LogP contribution in [0.15, 0.2) is 79.0 Å². The minimum absolute atomic E-state index is 0.105. The number of allylic oxidation sites excluding steroid dienone is 2. The Morgan fingerprint density at radius 3 is 2.17 bits per heavy atom. The first-order valence-corrected chi connectivity index (χ1v) is 12.0. The van der Waals surface area contributed by atoms with E-state index in [9.17, 15) is 14.4 Å². The van der Waals surface area contributed by atoms with Crippen LogP contribution >= 0.6 is 0 Å². The number of rotatable bonds is 7. The molecule has 7 nitrogen and oxygen atoms in total. The van der Waals surface area contributed by atoms with Crippen LogP contribution < -0.4 is 0 Å². The maximum atomic E-state index is 13.0. The van der Waals surface area contributed by atoms with Crippen molar-refractivity contribution in [1.29, 1.82) is 0 Å². The molecule has 0 unspecified atom stereocenters. The van der Waals surface area contributed by atoms with Gasteiger partial charge in [-0.2, -0.15) is 5.10 Å². The van der Waals surface area contributed by atoms with Crippen molar-refractivity contribution in [3.05, 3.63) is 84.6 Å². The van der Waals surface area contributed by atoms with Gasteiger partial charge in [0.15, 0.2) is 0 Å². The number of benzene rings is 2. The molecule has 2 heterocycles. The van der Waals surface area contributed by atoms with Gasteiger partial charge < -0.3 is 4.90 Å². The second kappa shape index (κ2) is 9.70. The fraction of sp³-hybridized carbons (Fsp3) is 0.286. The van der Waals surface area contributed by atoms with E-state index in [1.807, 2.05) is 83.7 Å². The number of hydrogen-bond donors (Lipinski definition) is 0. The first-order valence-electron chi connectivity index (χ1n) is 12.0. The van der Waals surface area contributed by atoms with Gasteiger partial charge in [0.05, 0.1) is 23.2 Å². The Morgan fingerprint density at radius 1 is 0.943 bits per heavy atom. The van der Waals surface area contributed by atoms with Crippen molar-refractivity contribution in [2.75, 3.05) is 13.6 Å². The van der Waals surface area contributed by atoms with Gasteiger partial charge in [0.2, 0.25) is 17.7 Å². The fourth-order valence-corrected chi connectivity index (χ4v) is 4.91. The Labute approximate surface area is 204 Å². The number of para-hydroxylation sites is 1. The normalized spacial score (nSPS) is 19.2. The van der Waals surface area contributed by atoms with E-state index in [-0.39, 0.29) is 42.5 Å². The molecule has 0 saturated carbocycles. The number of fused-ring (bicyclic) bond motifs is 1. The van der Waals surface area contributed by atoms with E-state index < -0.39 is 0 Å². The molecule has 1 aromatic heterocycles. The van der Waals surface area contributed by atoms with Crippen LogP contribution in [0.4, 0.5) is 0 Å². The smallest absolute Gasteiger partial charge is 0.233 e. The molecule has 7 heteroatoms. The molecule has 1 aliphatic carbocycles. The highest BCUT2D eigenvalue weighted by Gasteiger charge is 2.46. The zero-order chi connectivity index (χ0) is 24.4. The molecule has 0 bridgehead atoms. The molecule has 3 aromatic rings. The lowest BCUT2D eigenvalue weighted by Gasteiger charge is -2.20. The Hall–Kier alpha value is -4.00. The van der Waals surface area contributed by atoms with Gasteiger partial charge in [-0.3, -0.25) is 19.3 Å². The molecular formula is C28H28N4O3. The van der Waals surface area contributed by atoms with Crippen molar-refractivity contribution < 1.29 is 14.4 Å². The van der Waals surface area contributed by atoms with Crippen LogP contribution in [0.2, 0.25) is 0 Å². The van der Waals surface area contributed by atoms with Gasteiger partial charge in [-0.1, -0.05) is 60.7 Å². The average molecular weight is 469 g/mol. The Balaban J connectivity index is 1.30. The maximum Gasteiger partial charge on any atom is 0.233 e. The van der Waals surface area contributed by atoms with Gasteiger partial charge >= 0.3 is 0 Å². The Bertz CT molecular complexity index is 1240. The SMILES string of the molecule is CN(Cc1cn(-c2ccccc2)nc1-c1ccccc1)C(=O)CCN1C(=O)[C@H]2CC=CC[C@H]2C1=O.